The van der Waals surface area contributed by atoms with Gasteiger partial charge in [-0.3, -0.25) is 0 Å². The molecule has 0 aliphatic carbocycles. The van der Waals surface area contributed by atoms with Crippen LogP contribution in [-0.4, -0.2) is 10.2 Å². The molecule has 1 aromatic rings. The predicted molar refractivity (Wildman–Crippen MR) is 52.4 cm³/mol. The SMILES string of the molecule is CC1Cc2cccnc2SC1C. The summed E-state index contributed by atoms with van der Waals surface area (Å²) < 4.78 is 0. The van der Waals surface area contributed by atoms with Gasteiger partial charge >= 0.3 is 0 Å². The van der Waals surface area contributed by atoms with Crippen molar-refractivity contribution in [1.29, 1.82) is 0 Å². The Morgan fingerprint density at radius 1 is 1.50 bits per heavy atom. The van der Waals surface area contributed by atoms with E-state index in [1.54, 1.807) is 0 Å². The largest absolute Gasteiger partial charge is 0.250 e. The number of nitrogens with zero attached hydrogens (tertiary/aromatic N) is 1. The van der Waals surface area contributed by atoms with E-state index in [9.17, 15) is 0 Å². The van der Waals surface area contributed by atoms with Crippen LogP contribution >= 0.6 is 11.8 Å². The van der Waals surface area contributed by atoms with E-state index >= 15 is 0 Å². The van der Waals surface area contributed by atoms with E-state index in [1.165, 1.54) is 17.0 Å². The van der Waals surface area contributed by atoms with Gasteiger partial charge in [0.05, 0.1) is 5.03 Å². The molecule has 0 fully saturated rings. The second kappa shape index (κ2) is 3.09. The van der Waals surface area contributed by atoms with Gasteiger partial charge in [0.15, 0.2) is 0 Å². The van der Waals surface area contributed by atoms with Crippen molar-refractivity contribution >= 4 is 11.8 Å². The third-order valence-electron chi connectivity index (χ3n) is 2.49. The first-order valence-electron chi connectivity index (χ1n) is 4.38. The van der Waals surface area contributed by atoms with E-state index < -0.39 is 0 Å². The van der Waals surface area contributed by atoms with Gasteiger partial charge in [-0.1, -0.05) is 19.9 Å². The first kappa shape index (κ1) is 8.11. The Bertz CT molecular complexity index is 256. The molecule has 0 bridgehead atoms. The molecule has 1 aliphatic rings. The summed E-state index contributed by atoms with van der Waals surface area (Å²) in [6, 6.07) is 4.22. The molecule has 0 saturated carbocycles. The molecule has 2 atom stereocenters. The van der Waals surface area contributed by atoms with Crippen molar-refractivity contribution in [3.8, 4) is 0 Å². The summed E-state index contributed by atoms with van der Waals surface area (Å²) in [7, 11) is 0. The van der Waals surface area contributed by atoms with E-state index in [-0.39, 0.29) is 0 Å². The smallest absolute Gasteiger partial charge is 0.0994 e. The maximum Gasteiger partial charge on any atom is 0.0994 e. The van der Waals surface area contributed by atoms with Crippen LogP contribution < -0.4 is 0 Å². The first-order chi connectivity index (χ1) is 5.77. The Kier molecular flexibility index (Phi) is 2.09. The summed E-state index contributed by atoms with van der Waals surface area (Å²) in [6.07, 6.45) is 3.08. The van der Waals surface area contributed by atoms with Gasteiger partial charge < -0.3 is 0 Å². The van der Waals surface area contributed by atoms with Crippen LogP contribution in [0.25, 0.3) is 0 Å². The molecular formula is C10H13NS. The molecule has 2 unspecified atom stereocenters. The molecule has 0 N–H and O–H groups in total. The van der Waals surface area contributed by atoms with Crippen LogP contribution in [0.2, 0.25) is 0 Å². The highest BCUT2D eigenvalue weighted by Crippen LogP contribution is 2.36. The van der Waals surface area contributed by atoms with E-state index in [1.807, 2.05) is 24.0 Å². The third kappa shape index (κ3) is 1.36. The molecule has 0 radical (unpaired) electrons. The highest BCUT2D eigenvalue weighted by atomic mass is 32.2. The van der Waals surface area contributed by atoms with E-state index in [0.717, 1.165) is 5.92 Å². The van der Waals surface area contributed by atoms with Crippen molar-refractivity contribution in [2.75, 3.05) is 0 Å². The lowest BCUT2D eigenvalue weighted by Crippen LogP contribution is -2.18. The fourth-order valence-electron chi connectivity index (χ4n) is 1.49. The fraction of sp³-hybridized carbons (Fsp3) is 0.500. The maximum atomic E-state index is 4.37. The number of hydrogen-bond acceptors (Lipinski definition) is 2. The summed E-state index contributed by atoms with van der Waals surface area (Å²) in [5.41, 5.74) is 1.42. The Balaban J connectivity index is 2.34. The van der Waals surface area contributed by atoms with E-state index in [4.69, 9.17) is 0 Å². The zero-order valence-electron chi connectivity index (χ0n) is 7.45. The monoisotopic (exact) mass is 179 g/mol. The lowest BCUT2D eigenvalue weighted by molar-refractivity contribution is 0.554. The molecule has 0 spiro atoms. The first-order valence-corrected chi connectivity index (χ1v) is 5.26. The molecule has 2 rings (SSSR count). The molecule has 1 nitrogen and oxygen atoms in total. The zero-order valence-corrected chi connectivity index (χ0v) is 8.27. The van der Waals surface area contributed by atoms with Crippen LogP contribution in [0.4, 0.5) is 0 Å². The van der Waals surface area contributed by atoms with Gasteiger partial charge in [0, 0.05) is 11.4 Å². The predicted octanol–water partition coefficient (Wildman–Crippen LogP) is 2.75. The van der Waals surface area contributed by atoms with Gasteiger partial charge in [0.25, 0.3) is 0 Å². The van der Waals surface area contributed by atoms with Crippen molar-refractivity contribution in [3.63, 3.8) is 0 Å². The van der Waals surface area contributed by atoms with Crippen molar-refractivity contribution in [3.05, 3.63) is 23.9 Å². The number of hydrogen-bond donors (Lipinski definition) is 0. The molecule has 2 heterocycles. The summed E-state index contributed by atoms with van der Waals surface area (Å²) in [5, 5.41) is 1.95. The Labute approximate surface area is 77.6 Å². The Morgan fingerprint density at radius 3 is 3.17 bits per heavy atom. The van der Waals surface area contributed by atoms with Crippen LogP contribution in [0.5, 0.6) is 0 Å². The van der Waals surface area contributed by atoms with Gasteiger partial charge in [-0.15, -0.1) is 11.8 Å². The highest BCUT2D eigenvalue weighted by Gasteiger charge is 2.22. The maximum absolute atomic E-state index is 4.37. The molecule has 1 aliphatic heterocycles. The van der Waals surface area contributed by atoms with Crippen molar-refractivity contribution in [2.24, 2.45) is 5.92 Å². The number of fused-ring (bicyclic) bond motifs is 1. The average molecular weight is 179 g/mol. The van der Waals surface area contributed by atoms with Gasteiger partial charge in [0.2, 0.25) is 0 Å². The number of rotatable bonds is 0. The van der Waals surface area contributed by atoms with Crippen molar-refractivity contribution in [2.45, 2.75) is 30.5 Å². The molecular weight excluding hydrogens is 166 g/mol. The molecule has 2 heteroatoms. The second-order valence-electron chi connectivity index (χ2n) is 3.47. The standard InChI is InChI=1S/C10H13NS/c1-7-6-9-4-3-5-11-10(9)12-8(7)2/h3-5,7-8H,6H2,1-2H3. The Morgan fingerprint density at radius 2 is 2.33 bits per heavy atom. The number of pyridine rings is 1. The second-order valence-corrected chi connectivity index (χ2v) is 4.84. The van der Waals surface area contributed by atoms with Crippen LogP contribution in [-0.2, 0) is 6.42 Å². The third-order valence-corrected chi connectivity index (χ3v) is 3.92. The van der Waals surface area contributed by atoms with Crippen molar-refractivity contribution in [1.82, 2.24) is 4.98 Å². The molecule has 64 valence electrons. The van der Waals surface area contributed by atoms with Crippen molar-refractivity contribution < 1.29 is 0 Å². The minimum atomic E-state index is 0.715. The van der Waals surface area contributed by atoms with Gasteiger partial charge in [0.1, 0.15) is 0 Å². The topological polar surface area (TPSA) is 12.9 Å². The molecule has 0 aromatic carbocycles. The van der Waals surface area contributed by atoms with Crippen LogP contribution in [0.3, 0.4) is 0 Å². The molecule has 0 saturated heterocycles. The van der Waals surface area contributed by atoms with Crippen LogP contribution in [0.15, 0.2) is 23.4 Å². The lowest BCUT2D eigenvalue weighted by Gasteiger charge is -2.25. The summed E-state index contributed by atoms with van der Waals surface area (Å²) in [6.45, 7) is 4.60. The lowest BCUT2D eigenvalue weighted by atomic mass is 9.99. The van der Waals surface area contributed by atoms with Gasteiger partial charge in [-0.05, 0) is 24.0 Å². The summed E-state index contributed by atoms with van der Waals surface area (Å²) in [5.74, 6) is 0.784. The zero-order chi connectivity index (χ0) is 8.55. The summed E-state index contributed by atoms with van der Waals surface area (Å²) in [4.78, 5) is 4.37. The van der Waals surface area contributed by atoms with Gasteiger partial charge in [-0.2, -0.15) is 0 Å². The summed E-state index contributed by atoms with van der Waals surface area (Å²) >= 11 is 1.91. The Hall–Kier alpha value is -0.500. The normalized spacial score (nSPS) is 28.2. The van der Waals surface area contributed by atoms with Gasteiger partial charge in [-0.25, -0.2) is 4.98 Å². The molecule has 0 amide bonds. The highest BCUT2D eigenvalue weighted by molar-refractivity contribution is 7.99. The minimum Gasteiger partial charge on any atom is -0.250 e. The number of thioether (sulfide) groups is 1. The fourth-order valence-corrected chi connectivity index (χ4v) is 2.60. The molecule has 1 aromatic heterocycles. The number of aromatic nitrogens is 1. The minimum absolute atomic E-state index is 0.715. The van der Waals surface area contributed by atoms with Crippen LogP contribution in [0, 0.1) is 5.92 Å². The molecule has 12 heavy (non-hydrogen) atoms. The van der Waals surface area contributed by atoms with E-state index in [0.29, 0.717) is 5.25 Å². The average Bonchev–Trinajstić information content (AvgIpc) is 2.07. The van der Waals surface area contributed by atoms with Crippen LogP contribution in [0.1, 0.15) is 19.4 Å². The van der Waals surface area contributed by atoms with E-state index in [2.05, 4.69) is 24.9 Å². The quantitative estimate of drug-likeness (QED) is 0.607.